The summed E-state index contributed by atoms with van der Waals surface area (Å²) < 4.78 is 6.16. The van der Waals surface area contributed by atoms with Gasteiger partial charge in [0.1, 0.15) is 5.76 Å². The summed E-state index contributed by atoms with van der Waals surface area (Å²) in [4.78, 5) is 8.30. The summed E-state index contributed by atoms with van der Waals surface area (Å²) >= 11 is 3.42. The van der Waals surface area contributed by atoms with Crippen molar-refractivity contribution in [3.63, 3.8) is 0 Å². The van der Waals surface area contributed by atoms with Crippen LogP contribution in [0.4, 0.5) is 5.69 Å². The van der Waals surface area contributed by atoms with E-state index in [2.05, 4.69) is 31.2 Å². The third-order valence-corrected chi connectivity index (χ3v) is 3.05. The highest BCUT2D eigenvalue weighted by atomic mass is 79.9. The zero-order valence-electron chi connectivity index (χ0n) is 9.43. The maximum atomic E-state index is 5.18. The van der Waals surface area contributed by atoms with Crippen molar-refractivity contribution in [2.75, 3.05) is 5.32 Å². The van der Waals surface area contributed by atoms with E-state index in [0.717, 1.165) is 26.8 Å². The Morgan fingerprint density at radius 1 is 1.28 bits per heavy atom. The Balaban J connectivity index is 1.92. The van der Waals surface area contributed by atoms with Gasteiger partial charge in [0.2, 0.25) is 0 Å². The summed E-state index contributed by atoms with van der Waals surface area (Å²) in [5.41, 5.74) is 1.93. The van der Waals surface area contributed by atoms with Gasteiger partial charge in [0, 0.05) is 16.1 Å². The molecule has 3 aromatic rings. The van der Waals surface area contributed by atoms with Gasteiger partial charge in [-0.05, 0) is 28.1 Å². The van der Waals surface area contributed by atoms with E-state index < -0.39 is 0 Å². The van der Waals surface area contributed by atoms with E-state index in [9.17, 15) is 0 Å². The normalized spacial score (nSPS) is 10.7. The van der Waals surface area contributed by atoms with Crippen LogP contribution < -0.4 is 5.32 Å². The second-order valence-electron chi connectivity index (χ2n) is 3.85. The maximum absolute atomic E-state index is 5.18. The van der Waals surface area contributed by atoms with E-state index >= 15 is 0 Å². The van der Waals surface area contributed by atoms with Crippen LogP contribution in [-0.2, 0) is 6.54 Å². The van der Waals surface area contributed by atoms with E-state index in [4.69, 9.17) is 4.42 Å². The molecule has 0 fully saturated rings. The van der Waals surface area contributed by atoms with Gasteiger partial charge in [0.15, 0.2) is 6.39 Å². The molecule has 0 aliphatic carbocycles. The molecule has 0 saturated carbocycles. The highest BCUT2D eigenvalue weighted by molar-refractivity contribution is 9.10. The van der Waals surface area contributed by atoms with Gasteiger partial charge in [-0.1, -0.05) is 12.1 Å². The number of nitrogens with zero attached hydrogens (tertiary/aromatic N) is 2. The molecule has 1 N–H and O–H groups in total. The molecule has 2 heterocycles. The Labute approximate surface area is 112 Å². The lowest BCUT2D eigenvalue weighted by Gasteiger charge is -2.07. The Kier molecular flexibility index (Phi) is 2.98. The zero-order chi connectivity index (χ0) is 12.4. The Hall–Kier alpha value is -1.88. The van der Waals surface area contributed by atoms with Gasteiger partial charge in [-0.3, -0.25) is 4.98 Å². The number of anilines is 1. The number of hydrogen-bond donors (Lipinski definition) is 1. The van der Waals surface area contributed by atoms with Crippen LogP contribution in [-0.4, -0.2) is 9.97 Å². The standard InChI is InChI=1S/C13H10BrN3O/c14-10-4-9-2-1-3-12(13(9)17-5-10)16-7-11-6-15-8-18-11/h1-6,8,16H,7H2. The number of pyridine rings is 1. The van der Waals surface area contributed by atoms with Crippen molar-refractivity contribution in [1.82, 2.24) is 9.97 Å². The van der Waals surface area contributed by atoms with Crippen LogP contribution in [0, 0.1) is 0 Å². The maximum Gasteiger partial charge on any atom is 0.180 e. The number of fused-ring (bicyclic) bond motifs is 1. The lowest BCUT2D eigenvalue weighted by Crippen LogP contribution is -1.99. The summed E-state index contributed by atoms with van der Waals surface area (Å²) in [5, 5.41) is 4.39. The minimum atomic E-state index is 0.594. The summed E-state index contributed by atoms with van der Waals surface area (Å²) in [6, 6.07) is 8.08. The molecular formula is C13H10BrN3O. The minimum absolute atomic E-state index is 0.594. The highest BCUT2D eigenvalue weighted by Gasteiger charge is 2.03. The fraction of sp³-hybridized carbons (Fsp3) is 0.0769. The number of rotatable bonds is 3. The summed E-state index contributed by atoms with van der Waals surface area (Å²) in [7, 11) is 0. The third kappa shape index (κ3) is 2.22. The SMILES string of the molecule is Brc1cnc2c(NCc3cnco3)cccc2c1. The van der Waals surface area contributed by atoms with Gasteiger partial charge < -0.3 is 9.73 Å². The fourth-order valence-electron chi connectivity index (χ4n) is 1.79. The van der Waals surface area contributed by atoms with E-state index in [-0.39, 0.29) is 0 Å². The molecule has 1 aromatic carbocycles. The van der Waals surface area contributed by atoms with Crippen LogP contribution in [0.5, 0.6) is 0 Å². The van der Waals surface area contributed by atoms with Gasteiger partial charge in [-0.25, -0.2) is 4.98 Å². The van der Waals surface area contributed by atoms with Crippen LogP contribution in [0.1, 0.15) is 5.76 Å². The third-order valence-electron chi connectivity index (χ3n) is 2.61. The molecule has 0 unspecified atom stereocenters. The van der Waals surface area contributed by atoms with Crippen molar-refractivity contribution in [2.45, 2.75) is 6.54 Å². The summed E-state index contributed by atoms with van der Waals surface area (Å²) in [5.74, 6) is 0.795. The Morgan fingerprint density at radius 2 is 2.22 bits per heavy atom. The quantitative estimate of drug-likeness (QED) is 0.803. The monoisotopic (exact) mass is 303 g/mol. The predicted molar refractivity (Wildman–Crippen MR) is 73.3 cm³/mol. The Bertz CT molecular complexity index is 667. The van der Waals surface area contributed by atoms with E-state index in [1.807, 2.05) is 24.3 Å². The van der Waals surface area contributed by atoms with Crippen molar-refractivity contribution in [2.24, 2.45) is 0 Å². The smallest absolute Gasteiger partial charge is 0.180 e. The molecule has 0 amide bonds. The van der Waals surface area contributed by atoms with Gasteiger partial charge in [0.05, 0.1) is 23.9 Å². The van der Waals surface area contributed by atoms with Crippen LogP contribution >= 0.6 is 15.9 Å². The number of aromatic nitrogens is 2. The number of halogens is 1. The molecule has 0 radical (unpaired) electrons. The van der Waals surface area contributed by atoms with Gasteiger partial charge in [-0.2, -0.15) is 0 Å². The average molecular weight is 304 g/mol. The molecule has 0 atom stereocenters. The van der Waals surface area contributed by atoms with E-state index in [0.29, 0.717) is 6.54 Å². The van der Waals surface area contributed by atoms with Crippen LogP contribution in [0.3, 0.4) is 0 Å². The van der Waals surface area contributed by atoms with Gasteiger partial charge >= 0.3 is 0 Å². The lowest BCUT2D eigenvalue weighted by molar-refractivity contribution is 0.512. The average Bonchev–Trinajstić information content (AvgIpc) is 2.89. The molecule has 90 valence electrons. The molecule has 4 nitrogen and oxygen atoms in total. The van der Waals surface area contributed by atoms with Crippen molar-refractivity contribution in [3.8, 4) is 0 Å². The molecule has 18 heavy (non-hydrogen) atoms. The van der Waals surface area contributed by atoms with E-state index in [1.54, 1.807) is 12.4 Å². The number of para-hydroxylation sites is 1. The highest BCUT2D eigenvalue weighted by Crippen LogP contribution is 2.24. The van der Waals surface area contributed by atoms with E-state index in [1.165, 1.54) is 6.39 Å². The Morgan fingerprint density at radius 3 is 3.06 bits per heavy atom. The molecule has 5 heteroatoms. The van der Waals surface area contributed by atoms with Crippen molar-refractivity contribution < 1.29 is 4.42 Å². The molecule has 0 aliphatic rings. The first-order valence-electron chi connectivity index (χ1n) is 5.48. The van der Waals surface area contributed by atoms with Crippen LogP contribution in [0.15, 0.2) is 51.9 Å². The number of hydrogen-bond acceptors (Lipinski definition) is 4. The lowest BCUT2D eigenvalue weighted by atomic mass is 10.2. The van der Waals surface area contributed by atoms with Crippen LogP contribution in [0.25, 0.3) is 10.9 Å². The second kappa shape index (κ2) is 4.78. The minimum Gasteiger partial charge on any atom is -0.447 e. The fourth-order valence-corrected chi connectivity index (χ4v) is 2.14. The predicted octanol–water partition coefficient (Wildman–Crippen LogP) is 3.60. The topological polar surface area (TPSA) is 51.0 Å². The molecule has 0 saturated heterocycles. The molecule has 3 rings (SSSR count). The first-order valence-corrected chi connectivity index (χ1v) is 6.28. The molecular weight excluding hydrogens is 294 g/mol. The molecule has 0 spiro atoms. The summed E-state index contributed by atoms with van der Waals surface area (Å²) in [6.07, 6.45) is 4.92. The second-order valence-corrected chi connectivity index (χ2v) is 4.77. The largest absolute Gasteiger partial charge is 0.447 e. The summed E-state index contributed by atoms with van der Waals surface area (Å²) in [6.45, 7) is 0.594. The zero-order valence-corrected chi connectivity index (χ0v) is 11.0. The van der Waals surface area contributed by atoms with Crippen molar-refractivity contribution >= 4 is 32.5 Å². The van der Waals surface area contributed by atoms with Crippen LogP contribution in [0.2, 0.25) is 0 Å². The molecule has 2 aromatic heterocycles. The van der Waals surface area contributed by atoms with Crippen molar-refractivity contribution in [1.29, 1.82) is 0 Å². The molecule has 0 aliphatic heterocycles. The molecule has 0 bridgehead atoms. The first kappa shape index (κ1) is 11.2. The number of benzene rings is 1. The first-order chi connectivity index (χ1) is 8.83. The number of nitrogens with one attached hydrogen (secondary N) is 1. The van der Waals surface area contributed by atoms with Gasteiger partial charge in [-0.15, -0.1) is 0 Å². The number of oxazole rings is 1. The van der Waals surface area contributed by atoms with Crippen molar-refractivity contribution in [3.05, 3.63) is 53.3 Å². The van der Waals surface area contributed by atoms with Gasteiger partial charge in [0.25, 0.3) is 0 Å².